The van der Waals surface area contributed by atoms with Crippen LogP contribution in [0.4, 0.5) is 0 Å². The molecular weight excluding hydrogens is 435 g/mol. The highest BCUT2D eigenvalue weighted by molar-refractivity contribution is 7.99. The minimum Gasteiger partial charge on any atom is -0.484 e. The van der Waals surface area contributed by atoms with Gasteiger partial charge in [0.25, 0.3) is 16.7 Å². The van der Waals surface area contributed by atoms with Crippen LogP contribution in [0.3, 0.4) is 0 Å². The third kappa shape index (κ3) is 4.90. The van der Waals surface area contributed by atoms with Crippen LogP contribution < -0.4 is 10.3 Å². The van der Waals surface area contributed by atoms with Crippen LogP contribution in [0.15, 0.2) is 63.2 Å². The maximum Gasteiger partial charge on any atom is 0.276 e. The Kier molecular flexibility index (Phi) is 6.03. The number of aryl methyl sites for hydroxylation is 1. The van der Waals surface area contributed by atoms with E-state index >= 15 is 0 Å². The van der Waals surface area contributed by atoms with E-state index in [0.717, 1.165) is 0 Å². The van der Waals surface area contributed by atoms with Crippen molar-refractivity contribution in [2.75, 3.05) is 5.75 Å². The molecular formula is C19H14Cl2N4O3S. The Morgan fingerprint density at radius 3 is 2.69 bits per heavy atom. The number of aromatic nitrogens is 4. The molecule has 2 heterocycles. The highest BCUT2D eigenvalue weighted by Crippen LogP contribution is 2.19. The quantitative estimate of drug-likeness (QED) is 0.386. The molecule has 0 saturated heterocycles. The van der Waals surface area contributed by atoms with E-state index in [9.17, 15) is 4.79 Å². The third-order valence-corrected chi connectivity index (χ3v) is 5.25. The highest BCUT2D eigenvalue weighted by Gasteiger charge is 2.09. The van der Waals surface area contributed by atoms with Crippen molar-refractivity contribution < 1.29 is 9.15 Å². The topological polar surface area (TPSA) is 83.0 Å². The maximum atomic E-state index is 12.5. The van der Waals surface area contributed by atoms with Gasteiger partial charge in [-0.25, -0.2) is 4.98 Å². The first-order valence-electron chi connectivity index (χ1n) is 8.57. The SMILES string of the molecule is O=c1c2cc(Cl)ccc2ncn1CCSc1nnc(COc2ccc(Cl)cc2)o1. The largest absolute Gasteiger partial charge is 0.484 e. The average molecular weight is 449 g/mol. The molecule has 2 aromatic heterocycles. The second kappa shape index (κ2) is 8.86. The fourth-order valence-electron chi connectivity index (χ4n) is 2.55. The first-order chi connectivity index (χ1) is 14.1. The van der Waals surface area contributed by atoms with Crippen LogP contribution in [-0.4, -0.2) is 25.5 Å². The van der Waals surface area contributed by atoms with Crippen LogP contribution in [0.2, 0.25) is 10.0 Å². The molecule has 0 atom stereocenters. The summed E-state index contributed by atoms with van der Waals surface area (Å²) in [4.78, 5) is 16.8. The van der Waals surface area contributed by atoms with Crippen LogP contribution in [0.25, 0.3) is 10.9 Å². The third-order valence-electron chi connectivity index (χ3n) is 3.97. The lowest BCUT2D eigenvalue weighted by Crippen LogP contribution is -2.21. The predicted octanol–water partition coefficient (Wildman–Crippen LogP) is 4.46. The zero-order valence-electron chi connectivity index (χ0n) is 14.9. The number of hydrogen-bond donors (Lipinski definition) is 0. The molecule has 148 valence electrons. The lowest BCUT2D eigenvalue weighted by molar-refractivity contribution is 0.252. The van der Waals surface area contributed by atoms with E-state index in [4.69, 9.17) is 32.4 Å². The average Bonchev–Trinajstić information content (AvgIpc) is 3.17. The number of nitrogens with zero attached hydrogens (tertiary/aromatic N) is 4. The molecule has 4 aromatic rings. The Labute approximate surface area is 179 Å². The molecule has 7 nitrogen and oxygen atoms in total. The number of ether oxygens (including phenoxy) is 1. The Bertz CT molecular complexity index is 1190. The molecule has 0 amide bonds. The standard InChI is InChI=1S/C19H14Cl2N4O3S/c20-12-1-4-14(5-2-12)27-10-17-23-24-19(28-17)29-8-7-25-11-22-16-6-3-13(21)9-15(16)18(25)26/h1-6,9,11H,7-8,10H2. The number of halogens is 2. The van der Waals surface area contributed by atoms with Crippen LogP contribution in [0, 0.1) is 0 Å². The van der Waals surface area contributed by atoms with Crippen molar-refractivity contribution in [2.24, 2.45) is 0 Å². The smallest absolute Gasteiger partial charge is 0.276 e. The molecule has 4 rings (SSSR count). The molecule has 29 heavy (non-hydrogen) atoms. The first kappa shape index (κ1) is 19.8. The molecule has 0 N–H and O–H groups in total. The second-order valence-corrected chi connectivity index (χ2v) is 7.88. The van der Waals surface area contributed by atoms with Gasteiger partial charge in [-0.2, -0.15) is 0 Å². The van der Waals surface area contributed by atoms with Gasteiger partial charge in [0.1, 0.15) is 5.75 Å². The first-order valence-corrected chi connectivity index (χ1v) is 10.3. The van der Waals surface area contributed by atoms with Crippen molar-refractivity contribution in [1.29, 1.82) is 0 Å². The molecule has 0 bridgehead atoms. The zero-order chi connectivity index (χ0) is 20.2. The van der Waals surface area contributed by atoms with Gasteiger partial charge in [0, 0.05) is 22.3 Å². The van der Waals surface area contributed by atoms with Crippen LogP contribution in [0.1, 0.15) is 5.89 Å². The summed E-state index contributed by atoms with van der Waals surface area (Å²) in [5.74, 6) is 1.58. The minimum atomic E-state index is -0.138. The van der Waals surface area contributed by atoms with Gasteiger partial charge in [0.05, 0.1) is 17.2 Å². The van der Waals surface area contributed by atoms with E-state index in [2.05, 4.69) is 15.2 Å². The van der Waals surface area contributed by atoms with Gasteiger partial charge in [-0.3, -0.25) is 9.36 Å². The predicted molar refractivity (Wildman–Crippen MR) is 112 cm³/mol. The summed E-state index contributed by atoms with van der Waals surface area (Å²) in [6.07, 6.45) is 1.53. The second-order valence-electron chi connectivity index (χ2n) is 5.96. The molecule has 0 fully saturated rings. The molecule has 0 aliphatic carbocycles. The van der Waals surface area contributed by atoms with Crippen molar-refractivity contribution in [3.05, 3.63) is 75.1 Å². The molecule has 0 radical (unpaired) electrons. The molecule has 0 spiro atoms. The summed E-state index contributed by atoms with van der Waals surface area (Å²) in [5, 5.41) is 9.98. The van der Waals surface area contributed by atoms with Crippen molar-refractivity contribution in [3.63, 3.8) is 0 Å². The summed E-state index contributed by atoms with van der Waals surface area (Å²) < 4.78 is 12.7. The Balaban J connectivity index is 1.33. The van der Waals surface area contributed by atoms with Gasteiger partial charge in [0.15, 0.2) is 6.61 Å². The Hall–Kier alpha value is -2.55. The van der Waals surface area contributed by atoms with Crippen molar-refractivity contribution in [1.82, 2.24) is 19.7 Å². The molecule has 0 aliphatic heterocycles. The normalized spacial score (nSPS) is 11.1. The number of fused-ring (bicyclic) bond motifs is 1. The van der Waals surface area contributed by atoms with E-state index < -0.39 is 0 Å². The van der Waals surface area contributed by atoms with Crippen LogP contribution in [-0.2, 0) is 13.2 Å². The van der Waals surface area contributed by atoms with Gasteiger partial charge in [0.2, 0.25) is 0 Å². The fourth-order valence-corrected chi connectivity index (χ4v) is 3.57. The molecule has 2 aromatic carbocycles. The summed E-state index contributed by atoms with van der Waals surface area (Å²) >= 11 is 13.2. The monoisotopic (exact) mass is 448 g/mol. The van der Waals surface area contributed by atoms with Gasteiger partial charge in [-0.1, -0.05) is 35.0 Å². The summed E-state index contributed by atoms with van der Waals surface area (Å²) in [6, 6.07) is 12.1. The molecule has 0 saturated carbocycles. The summed E-state index contributed by atoms with van der Waals surface area (Å²) in [6.45, 7) is 0.599. The van der Waals surface area contributed by atoms with E-state index in [-0.39, 0.29) is 12.2 Å². The van der Waals surface area contributed by atoms with E-state index in [1.54, 1.807) is 42.5 Å². The molecule has 0 aliphatic rings. The van der Waals surface area contributed by atoms with Crippen molar-refractivity contribution in [2.45, 2.75) is 18.4 Å². The maximum absolute atomic E-state index is 12.5. The van der Waals surface area contributed by atoms with Crippen LogP contribution >= 0.6 is 35.0 Å². The van der Waals surface area contributed by atoms with Crippen molar-refractivity contribution in [3.8, 4) is 5.75 Å². The molecule has 10 heteroatoms. The highest BCUT2D eigenvalue weighted by atomic mass is 35.5. The van der Waals surface area contributed by atoms with E-state index in [0.29, 0.717) is 50.1 Å². The fraction of sp³-hybridized carbons (Fsp3) is 0.158. The molecule has 0 unspecified atom stereocenters. The number of rotatable bonds is 7. The summed E-state index contributed by atoms with van der Waals surface area (Å²) in [5.41, 5.74) is 0.478. The Morgan fingerprint density at radius 2 is 1.86 bits per heavy atom. The van der Waals surface area contributed by atoms with E-state index in [1.165, 1.54) is 22.7 Å². The lowest BCUT2D eigenvalue weighted by atomic mass is 10.2. The van der Waals surface area contributed by atoms with Gasteiger partial charge < -0.3 is 9.15 Å². The van der Waals surface area contributed by atoms with Crippen LogP contribution in [0.5, 0.6) is 5.75 Å². The Morgan fingerprint density at radius 1 is 1.07 bits per heavy atom. The lowest BCUT2D eigenvalue weighted by Gasteiger charge is -2.05. The van der Waals surface area contributed by atoms with E-state index in [1.807, 2.05) is 0 Å². The number of thioether (sulfide) groups is 1. The van der Waals surface area contributed by atoms with Crippen molar-refractivity contribution >= 4 is 45.9 Å². The number of hydrogen-bond acceptors (Lipinski definition) is 7. The number of benzene rings is 2. The summed E-state index contributed by atoms with van der Waals surface area (Å²) in [7, 11) is 0. The zero-order valence-corrected chi connectivity index (χ0v) is 17.2. The van der Waals surface area contributed by atoms with Gasteiger partial charge >= 0.3 is 0 Å². The minimum absolute atomic E-state index is 0.138. The van der Waals surface area contributed by atoms with Gasteiger partial charge in [-0.15, -0.1) is 10.2 Å². The van der Waals surface area contributed by atoms with Gasteiger partial charge in [-0.05, 0) is 42.5 Å².